The largest absolute Gasteiger partial charge is 0.495 e. The summed E-state index contributed by atoms with van der Waals surface area (Å²) in [6, 6.07) is 0.774. The van der Waals surface area contributed by atoms with Crippen LogP contribution in [0.3, 0.4) is 0 Å². The van der Waals surface area contributed by atoms with Crippen LogP contribution in [0.5, 0.6) is 5.75 Å². The zero-order chi connectivity index (χ0) is 13.1. The number of esters is 1. The van der Waals surface area contributed by atoms with E-state index in [4.69, 9.17) is 0 Å². The van der Waals surface area contributed by atoms with Gasteiger partial charge in [0.05, 0.1) is 32.5 Å². The molecule has 1 aromatic rings. The van der Waals surface area contributed by atoms with Gasteiger partial charge in [0.1, 0.15) is 11.3 Å². The molecule has 0 saturated heterocycles. The van der Waals surface area contributed by atoms with Crippen molar-refractivity contribution in [3.05, 3.63) is 23.5 Å². The molecule has 0 saturated carbocycles. The summed E-state index contributed by atoms with van der Waals surface area (Å²) in [4.78, 5) is 14.6. The lowest BCUT2D eigenvalue weighted by Crippen LogP contribution is -2.11. The van der Waals surface area contributed by atoms with Crippen LogP contribution in [0, 0.1) is 0 Å². The Morgan fingerprint density at radius 2 is 2.06 bits per heavy atom. The summed E-state index contributed by atoms with van der Waals surface area (Å²) in [6.45, 7) is 0. The van der Waals surface area contributed by atoms with E-state index >= 15 is 0 Å². The maximum atomic E-state index is 12.6. The molecule has 1 aromatic heterocycles. The summed E-state index contributed by atoms with van der Waals surface area (Å²) in [7, 11) is 2.27. The molecule has 0 radical (unpaired) electrons. The number of hydrogen-bond acceptors (Lipinski definition) is 4. The molecule has 4 nitrogen and oxygen atoms in total. The van der Waals surface area contributed by atoms with Crippen LogP contribution >= 0.6 is 0 Å². The van der Waals surface area contributed by atoms with Crippen LogP contribution in [-0.2, 0) is 22.1 Å². The second-order valence-corrected chi connectivity index (χ2v) is 3.13. The van der Waals surface area contributed by atoms with E-state index < -0.39 is 17.7 Å². The second kappa shape index (κ2) is 5.03. The Morgan fingerprint density at radius 3 is 2.53 bits per heavy atom. The van der Waals surface area contributed by atoms with Crippen molar-refractivity contribution in [2.24, 2.45) is 0 Å². The highest BCUT2D eigenvalue weighted by atomic mass is 19.4. The number of pyridine rings is 1. The van der Waals surface area contributed by atoms with Gasteiger partial charge in [-0.3, -0.25) is 9.78 Å². The van der Waals surface area contributed by atoms with Crippen molar-refractivity contribution in [2.75, 3.05) is 14.2 Å². The Kier molecular flexibility index (Phi) is 3.93. The third-order valence-corrected chi connectivity index (χ3v) is 2.00. The summed E-state index contributed by atoms with van der Waals surface area (Å²) in [5.74, 6) is -1.04. The maximum absolute atomic E-state index is 12.6. The average molecular weight is 249 g/mol. The molecule has 0 aliphatic rings. The van der Waals surface area contributed by atoms with Crippen LogP contribution < -0.4 is 4.74 Å². The van der Waals surface area contributed by atoms with Crippen molar-refractivity contribution in [3.8, 4) is 5.75 Å². The Balaban J connectivity index is 3.09. The standard InChI is InChI=1S/C10H10F3NO3/c1-16-8-5-14-6(4-9(15)17-2)3-7(8)10(11,12)13/h3,5H,4H2,1-2H3. The molecule has 0 amide bonds. The lowest BCUT2D eigenvalue weighted by molar-refractivity contribution is -0.141. The number of carbonyl (C=O) groups excluding carboxylic acids is 1. The molecule has 0 aromatic carbocycles. The zero-order valence-corrected chi connectivity index (χ0v) is 9.17. The highest BCUT2D eigenvalue weighted by Gasteiger charge is 2.35. The van der Waals surface area contributed by atoms with Gasteiger partial charge in [0, 0.05) is 0 Å². The highest BCUT2D eigenvalue weighted by molar-refractivity contribution is 5.71. The Bertz CT molecular complexity index is 418. The molecule has 0 bridgehead atoms. The van der Waals surface area contributed by atoms with Crippen molar-refractivity contribution in [1.29, 1.82) is 0 Å². The number of aromatic nitrogens is 1. The first-order chi connectivity index (χ1) is 7.88. The molecule has 0 aliphatic carbocycles. The quantitative estimate of drug-likeness (QED) is 0.767. The minimum Gasteiger partial charge on any atom is -0.495 e. The van der Waals surface area contributed by atoms with Crippen molar-refractivity contribution in [3.63, 3.8) is 0 Å². The van der Waals surface area contributed by atoms with Gasteiger partial charge < -0.3 is 9.47 Å². The lowest BCUT2D eigenvalue weighted by atomic mass is 10.1. The van der Waals surface area contributed by atoms with Gasteiger partial charge >= 0.3 is 12.1 Å². The predicted molar refractivity (Wildman–Crippen MR) is 51.5 cm³/mol. The third-order valence-electron chi connectivity index (χ3n) is 2.00. The molecule has 0 unspecified atom stereocenters. The number of ether oxygens (including phenoxy) is 2. The molecule has 17 heavy (non-hydrogen) atoms. The molecule has 0 N–H and O–H groups in total. The van der Waals surface area contributed by atoms with E-state index in [0.717, 1.165) is 26.5 Å². The zero-order valence-electron chi connectivity index (χ0n) is 9.17. The van der Waals surface area contributed by atoms with Crippen LogP contribution in [0.2, 0.25) is 0 Å². The van der Waals surface area contributed by atoms with E-state index in [0.29, 0.717) is 0 Å². The van der Waals surface area contributed by atoms with E-state index in [-0.39, 0.29) is 17.9 Å². The minimum absolute atomic E-state index is 0.0232. The van der Waals surface area contributed by atoms with E-state index in [1.165, 1.54) is 0 Å². The number of rotatable bonds is 3. The number of carbonyl (C=O) groups is 1. The SMILES string of the molecule is COC(=O)Cc1cc(C(F)(F)F)c(OC)cn1. The smallest absolute Gasteiger partial charge is 0.420 e. The van der Waals surface area contributed by atoms with Gasteiger partial charge in [-0.1, -0.05) is 0 Å². The lowest BCUT2D eigenvalue weighted by Gasteiger charge is -2.12. The van der Waals surface area contributed by atoms with Crippen molar-refractivity contribution >= 4 is 5.97 Å². The Labute approximate surface area is 95.4 Å². The summed E-state index contributed by atoms with van der Waals surface area (Å²) >= 11 is 0. The molecule has 0 spiro atoms. The Morgan fingerprint density at radius 1 is 1.41 bits per heavy atom. The van der Waals surface area contributed by atoms with Gasteiger partial charge in [0.2, 0.25) is 0 Å². The predicted octanol–water partition coefficient (Wildman–Crippen LogP) is 1.82. The number of hydrogen-bond donors (Lipinski definition) is 0. The average Bonchev–Trinajstić information content (AvgIpc) is 2.27. The molecule has 0 atom stereocenters. The molecular weight excluding hydrogens is 239 g/mol. The molecular formula is C10H10F3NO3. The van der Waals surface area contributed by atoms with Crippen LogP contribution in [-0.4, -0.2) is 25.2 Å². The number of methoxy groups -OCH3 is 2. The molecule has 0 fully saturated rings. The third kappa shape index (κ3) is 3.33. The van der Waals surface area contributed by atoms with Gasteiger partial charge in [-0.15, -0.1) is 0 Å². The van der Waals surface area contributed by atoms with Gasteiger partial charge in [-0.25, -0.2) is 0 Å². The van der Waals surface area contributed by atoms with Crippen LogP contribution in [0.4, 0.5) is 13.2 Å². The van der Waals surface area contributed by atoms with Gasteiger partial charge in [0.15, 0.2) is 0 Å². The van der Waals surface area contributed by atoms with Crippen LogP contribution in [0.25, 0.3) is 0 Å². The number of halogens is 3. The fraction of sp³-hybridized carbons (Fsp3) is 0.400. The topological polar surface area (TPSA) is 48.4 Å². The molecule has 94 valence electrons. The first-order valence-electron chi connectivity index (χ1n) is 4.55. The second-order valence-electron chi connectivity index (χ2n) is 3.13. The first kappa shape index (κ1) is 13.3. The van der Waals surface area contributed by atoms with Crippen molar-refractivity contribution in [1.82, 2.24) is 4.98 Å². The summed E-state index contributed by atoms with van der Waals surface area (Å²) in [5, 5.41) is 0. The van der Waals surface area contributed by atoms with Crippen LogP contribution in [0.1, 0.15) is 11.3 Å². The fourth-order valence-electron chi connectivity index (χ4n) is 1.19. The van der Waals surface area contributed by atoms with Crippen molar-refractivity contribution in [2.45, 2.75) is 12.6 Å². The first-order valence-corrected chi connectivity index (χ1v) is 4.55. The summed E-state index contributed by atoms with van der Waals surface area (Å²) in [5.41, 5.74) is -0.987. The molecule has 1 heterocycles. The van der Waals surface area contributed by atoms with E-state index in [2.05, 4.69) is 14.5 Å². The summed E-state index contributed by atoms with van der Waals surface area (Å²) < 4.78 is 46.7. The fourth-order valence-corrected chi connectivity index (χ4v) is 1.19. The van der Waals surface area contributed by atoms with E-state index in [1.807, 2.05) is 0 Å². The maximum Gasteiger partial charge on any atom is 0.420 e. The van der Waals surface area contributed by atoms with Gasteiger partial charge in [0.25, 0.3) is 0 Å². The molecule has 0 aliphatic heterocycles. The van der Waals surface area contributed by atoms with E-state index in [1.54, 1.807) is 0 Å². The normalized spacial score (nSPS) is 11.1. The van der Waals surface area contributed by atoms with Crippen LogP contribution in [0.15, 0.2) is 12.3 Å². The Hall–Kier alpha value is -1.79. The minimum atomic E-state index is -4.56. The van der Waals surface area contributed by atoms with Crippen molar-refractivity contribution < 1.29 is 27.4 Å². The number of alkyl halides is 3. The van der Waals surface area contributed by atoms with Gasteiger partial charge in [-0.2, -0.15) is 13.2 Å². The molecule has 7 heteroatoms. The molecule has 1 rings (SSSR count). The van der Waals surface area contributed by atoms with Gasteiger partial charge in [-0.05, 0) is 6.07 Å². The van der Waals surface area contributed by atoms with E-state index in [9.17, 15) is 18.0 Å². The summed E-state index contributed by atoms with van der Waals surface area (Å²) in [6.07, 6.45) is -3.94. The number of nitrogens with zero attached hydrogens (tertiary/aromatic N) is 1. The monoisotopic (exact) mass is 249 g/mol. The highest BCUT2D eigenvalue weighted by Crippen LogP contribution is 2.35.